The summed E-state index contributed by atoms with van der Waals surface area (Å²) in [5.74, 6) is 0.943. The number of nitrogens with zero attached hydrogens (tertiary/aromatic N) is 4. The van der Waals surface area contributed by atoms with E-state index in [1.807, 2.05) is 49.4 Å². The van der Waals surface area contributed by atoms with E-state index in [2.05, 4.69) is 20.4 Å². The minimum absolute atomic E-state index is 0.261. The van der Waals surface area contributed by atoms with Crippen LogP contribution < -0.4 is 5.32 Å². The molecule has 0 aliphatic rings. The average molecular weight is 329 g/mol. The fraction of sp³-hybridized carbons (Fsp3) is 0.0526. The van der Waals surface area contributed by atoms with Crippen LogP contribution in [0.3, 0.4) is 0 Å². The van der Waals surface area contributed by atoms with Crippen molar-refractivity contribution in [2.75, 3.05) is 5.32 Å². The summed E-state index contributed by atoms with van der Waals surface area (Å²) in [5, 5.41) is 8.07. The molecule has 25 heavy (non-hydrogen) atoms. The molecule has 0 aliphatic heterocycles. The van der Waals surface area contributed by atoms with E-state index in [1.54, 1.807) is 23.1 Å². The van der Waals surface area contributed by atoms with Crippen molar-refractivity contribution in [3.05, 3.63) is 78.2 Å². The van der Waals surface area contributed by atoms with Crippen LogP contribution in [0, 0.1) is 6.92 Å². The molecular weight excluding hydrogens is 314 g/mol. The molecule has 0 saturated carbocycles. The lowest BCUT2D eigenvalue weighted by Gasteiger charge is -2.04. The molecule has 0 unspecified atom stereocenters. The van der Waals surface area contributed by atoms with Crippen molar-refractivity contribution >= 4 is 22.6 Å². The van der Waals surface area contributed by atoms with Gasteiger partial charge in [0.05, 0.1) is 17.3 Å². The molecule has 1 aromatic carbocycles. The summed E-state index contributed by atoms with van der Waals surface area (Å²) in [5.41, 5.74) is 2.26. The van der Waals surface area contributed by atoms with Gasteiger partial charge in [-0.15, -0.1) is 0 Å². The van der Waals surface area contributed by atoms with E-state index in [1.165, 1.54) is 6.20 Å². The lowest BCUT2D eigenvalue weighted by atomic mass is 10.2. The average Bonchev–Trinajstić information content (AvgIpc) is 3.12. The van der Waals surface area contributed by atoms with E-state index < -0.39 is 0 Å². The first kappa shape index (κ1) is 15.0. The fourth-order valence-corrected chi connectivity index (χ4v) is 2.60. The summed E-state index contributed by atoms with van der Waals surface area (Å²) < 4.78 is 1.60. The summed E-state index contributed by atoms with van der Waals surface area (Å²) in [4.78, 5) is 21.2. The number of benzene rings is 1. The molecule has 3 aromatic heterocycles. The van der Waals surface area contributed by atoms with Crippen molar-refractivity contribution in [2.24, 2.45) is 0 Å². The van der Waals surface area contributed by atoms with Crippen LogP contribution in [0.25, 0.3) is 16.7 Å². The molecule has 0 spiro atoms. The highest BCUT2D eigenvalue weighted by Crippen LogP contribution is 2.16. The van der Waals surface area contributed by atoms with Crippen molar-refractivity contribution in [1.82, 2.24) is 19.7 Å². The Morgan fingerprint density at radius 3 is 2.84 bits per heavy atom. The molecule has 0 aliphatic carbocycles. The monoisotopic (exact) mass is 329 g/mol. The Kier molecular flexibility index (Phi) is 3.70. The molecule has 0 radical (unpaired) electrons. The number of fused-ring (bicyclic) bond motifs is 1. The number of rotatable bonds is 3. The third kappa shape index (κ3) is 2.97. The number of nitrogens with one attached hydrogen (secondary N) is 1. The number of aromatic nitrogens is 4. The van der Waals surface area contributed by atoms with Crippen LogP contribution >= 0.6 is 0 Å². The van der Waals surface area contributed by atoms with Crippen molar-refractivity contribution in [2.45, 2.75) is 6.92 Å². The van der Waals surface area contributed by atoms with Gasteiger partial charge in [-0.2, -0.15) is 5.10 Å². The molecule has 3 heterocycles. The first-order chi connectivity index (χ1) is 12.2. The Hall–Kier alpha value is -3.54. The third-order valence-electron chi connectivity index (χ3n) is 3.88. The summed E-state index contributed by atoms with van der Waals surface area (Å²) in [6, 6.07) is 15.3. The summed E-state index contributed by atoms with van der Waals surface area (Å²) in [6.45, 7) is 1.95. The molecule has 4 aromatic rings. The standard InChI is InChI=1S/C19H15N5O/c1-13-5-4-10-20-18(13)24-12-15(11-21-24)19(25)23-17-9-8-14-6-2-3-7-16(14)22-17/h2-12H,1H3,(H,22,23,25). The molecule has 0 atom stereocenters. The van der Waals surface area contributed by atoms with Crippen LogP contribution in [0.4, 0.5) is 5.82 Å². The van der Waals surface area contributed by atoms with E-state index in [0.717, 1.165) is 16.5 Å². The first-order valence-electron chi connectivity index (χ1n) is 7.84. The zero-order valence-corrected chi connectivity index (χ0v) is 13.5. The highest BCUT2D eigenvalue weighted by Gasteiger charge is 2.12. The summed E-state index contributed by atoms with van der Waals surface area (Å²) in [6.07, 6.45) is 4.87. The highest BCUT2D eigenvalue weighted by atomic mass is 16.1. The van der Waals surface area contributed by atoms with Gasteiger partial charge in [-0.1, -0.05) is 24.3 Å². The maximum absolute atomic E-state index is 12.5. The maximum atomic E-state index is 12.5. The van der Waals surface area contributed by atoms with Crippen molar-refractivity contribution in [3.63, 3.8) is 0 Å². The number of pyridine rings is 2. The van der Waals surface area contributed by atoms with Crippen LogP contribution in [0.1, 0.15) is 15.9 Å². The SMILES string of the molecule is Cc1cccnc1-n1cc(C(=O)Nc2ccc3ccccc3n2)cn1. The topological polar surface area (TPSA) is 72.7 Å². The van der Waals surface area contributed by atoms with Gasteiger partial charge in [0.1, 0.15) is 5.82 Å². The highest BCUT2D eigenvalue weighted by molar-refractivity contribution is 6.03. The van der Waals surface area contributed by atoms with Crippen LogP contribution in [-0.2, 0) is 0 Å². The lowest BCUT2D eigenvalue weighted by molar-refractivity contribution is 0.102. The second kappa shape index (κ2) is 6.16. The number of hydrogen-bond donors (Lipinski definition) is 1. The molecule has 6 heteroatoms. The Morgan fingerprint density at radius 2 is 1.96 bits per heavy atom. The van der Waals surface area contributed by atoms with Gasteiger partial charge < -0.3 is 5.32 Å². The number of amides is 1. The largest absolute Gasteiger partial charge is 0.306 e. The third-order valence-corrected chi connectivity index (χ3v) is 3.88. The zero-order valence-electron chi connectivity index (χ0n) is 13.5. The predicted molar refractivity (Wildman–Crippen MR) is 95.8 cm³/mol. The van der Waals surface area contributed by atoms with Gasteiger partial charge in [0, 0.05) is 17.8 Å². The Labute approximate surface area is 144 Å². The molecule has 0 saturated heterocycles. The lowest BCUT2D eigenvalue weighted by Crippen LogP contribution is -2.12. The second-order valence-corrected chi connectivity index (χ2v) is 5.66. The van der Waals surface area contributed by atoms with Crippen molar-refractivity contribution in [1.29, 1.82) is 0 Å². The molecule has 4 rings (SSSR count). The molecule has 122 valence electrons. The van der Waals surface area contributed by atoms with Gasteiger partial charge in [-0.25, -0.2) is 14.6 Å². The Bertz CT molecular complexity index is 1070. The number of anilines is 1. The van der Waals surface area contributed by atoms with E-state index in [-0.39, 0.29) is 5.91 Å². The summed E-state index contributed by atoms with van der Waals surface area (Å²) in [7, 11) is 0. The smallest absolute Gasteiger partial charge is 0.260 e. The van der Waals surface area contributed by atoms with E-state index in [9.17, 15) is 4.79 Å². The van der Waals surface area contributed by atoms with Gasteiger partial charge >= 0.3 is 0 Å². The van der Waals surface area contributed by atoms with E-state index in [4.69, 9.17) is 0 Å². The van der Waals surface area contributed by atoms with Crippen LogP contribution in [0.15, 0.2) is 67.1 Å². The van der Waals surface area contributed by atoms with Crippen molar-refractivity contribution < 1.29 is 4.79 Å². The van der Waals surface area contributed by atoms with Crippen LogP contribution in [0.2, 0.25) is 0 Å². The molecule has 1 amide bonds. The Morgan fingerprint density at radius 1 is 1.08 bits per heavy atom. The van der Waals surface area contributed by atoms with Gasteiger partial charge in [0.25, 0.3) is 5.91 Å². The van der Waals surface area contributed by atoms with E-state index >= 15 is 0 Å². The van der Waals surface area contributed by atoms with Crippen molar-refractivity contribution in [3.8, 4) is 5.82 Å². The quantitative estimate of drug-likeness (QED) is 0.625. The minimum atomic E-state index is -0.261. The minimum Gasteiger partial charge on any atom is -0.306 e. The number of aryl methyl sites for hydroxylation is 1. The Balaban J connectivity index is 1.58. The molecule has 0 bridgehead atoms. The predicted octanol–water partition coefficient (Wildman–Crippen LogP) is 3.38. The second-order valence-electron chi connectivity index (χ2n) is 5.66. The molecule has 1 N–H and O–H groups in total. The molecule has 6 nitrogen and oxygen atoms in total. The normalized spacial score (nSPS) is 10.8. The number of para-hydroxylation sites is 1. The van der Waals surface area contributed by atoms with Crippen LogP contribution in [-0.4, -0.2) is 25.7 Å². The molecule has 0 fully saturated rings. The van der Waals surface area contributed by atoms with Gasteiger partial charge in [0.15, 0.2) is 5.82 Å². The summed E-state index contributed by atoms with van der Waals surface area (Å²) >= 11 is 0. The van der Waals surface area contributed by atoms with Crippen LogP contribution in [0.5, 0.6) is 0 Å². The van der Waals surface area contributed by atoms with Gasteiger partial charge in [-0.3, -0.25) is 4.79 Å². The number of carbonyl (C=O) groups excluding carboxylic acids is 1. The number of carbonyl (C=O) groups is 1. The first-order valence-corrected chi connectivity index (χ1v) is 7.84. The maximum Gasteiger partial charge on any atom is 0.260 e. The van der Waals surface area contributed by atoms with E-state index in [0.29, 0.717) is 17.2 Å². The van der Waals surface area contributed by atoms with Gasteiger partial charge in [-0.05, 0) is 36.8 Å². The zero-order chi connectivity index (χ0) is 17.2. The molecular formula is C19H15N5O. The number of hydrogen-bond acceptors (Lipinski definition) is 4. The van der Waals surface area contributed by atoms with Gasteiger partial charge in [0.2, 0.25) is 0 Å². The fourth-order valence-electron chi connectivity index (χ4n) is 2.60.